The van der Waals surface area contributed by atoms with E-state index in [-0.39, 0.29) is 5.56 Å². The lowest BCUT2D eigenvalue weighted by Gasteiger charge is -2.33. The van der Waals surface area contributed by atoms with E-state index in [0.717, 1.165) is 62.8 Å². The van der Waals surface area contributed by atoms with Gasteiger partial charge in [-0.3, -0.25) is 19.4 Å². The number of hydrogen-bond acceptors (Lipinski definition) is 5. The summed E-state index contributed by atoms with van der Waals surface area (Å²) in [5.74, 6) is 1.40. The highest BCUT2D eigenvalue weighted by Crippen LogP contribution is 2.22. The highest BCUT2D eigenvalue weighted by molar-refractivity contribution is 5.35. The van der Waals surface area contributed by atoms with Crippen LogP contribution in [0.15, 0.2) is 11.0 Å². The molecular formula is C19H28N6O. The molecule has 140 valence electrons. The second kappa shape index (κ2) is 6.87. The number of rotatable bonds is 3. The average molecular weight is 356 g/mol. The van der Waals surface area contributed by atoms with Crippen molar-refractivity contribution in [2.75, 3.05) is 24.5 Å². The van der Waals surface area contributed by atoms with Crippen LogP contribution in [0.1, 0.15) is 42.3 Å². The molecule has 0 saturated carbocycles. The predicted molar refractivity (Wildman–Crippen MR) is 101 cm³/mol. The lowest BCUT2D eigenvalue weighted by molar-refractivity contribution is 0.240. The minimum Gasteiger partial charge on any atom is -0.342 e. The average Bonchev–Trinajstić information content (AvgIpc) is 2.93. The molecule has 0 aromatic carbocycles. The first-order chi connectivity index (χ1) is 12.5. The summed E-state index contributed by atoms with van der Waals surface area (Å²) in [5.41, 5.74) is 4.27. The van der Waals surface area contributed by atoms with Crippen molar-refractivity contribution in [1.29, 1.82) is 0 Å². The lowest BCUT2D eigenvalue weighted by Crippen LogP contribution is -2.39. The number of nitrogens with one attached hydrogen (secondary N) is 1. The minimum absolute atomic E-state index is 0.0421. The van der Waals surface area contributed by atoms with E-state index in [1.807, 2.05) is 17.9 Å². The van der Waals surface area contributed by atoms with Crippen molar-refractivity contribution in [2.24, 2.45) is 13.0 Å². The molecule has 2 aromatic rings. The van der Waals surface area contributed by atoms with E-state index in [4.69, 9.17) is 4.98 Å². The Morgan fingerprint density at radius 2 is 2.19 bits per heavy atom. The fourth-order valence-electron chi connectivity index (χ4n) is 4.09. The summed E-state index contributed by atoms with van der Waals surface area (Å²) in [4.78, 5) is 25.1. The monoisotopic (exact) mass is 356 g/mol. The van der Waals surface area contributed by atoms with Gasteiger partial charge < -0.3 is 4.90 Å². The lowest BCUT2D eigenvalue weighted by atomic mass is 10.0. The van der Waals surface area contributed by atoms with E-state index in [1.165, 1.54) is 17.7 Å². The van der Waals surface area contributed by atoms with Crippen molar-refractivity contribution in [2.45, 2.75) is 46.2 Å². The highest BCUT2D eigenvalue weighted by Gasteiger charge is 2.25. The molecule has 0 aliphatic carbocycles. The Kier molecular flexibility index (Phi) is 4.56. The van der Waals surface area contributed by atoms with Crippen LogP contribution in [-0.4, -0.2) is 44.3 Å². The Morgan fingerprint density at radius 3 is 2.92 bits per heavy atom. The molecule has 0 radical (unpaired) electrons. The molecule has 0 unspecified atom stereocenters. The van der Waals surface area contributed by atoms with Gasteiger partial charge in [0, 0.05) is 56.6 Å². The number of hydrogen-bond donors (Lipinski definition) is 1. The zero-order chi connectivity index (χ0) is 18.3. The fourth-order valence-corrected chi connectivity index (χ4v) is 4.09. The number of nitrogens with zero attached hydrogens (tertiary/aromatic N) is 5. The van der Waals surface area contributed by atoms with Gasteiger partial charge in [0.05, 0.1) is 11.9 Å². The van der Waals surface area contributed by atoms with Crippen LogP contribution in [-0.2, 0) is 26.6 Å². The van der Waals surface area contributed by atoms with Crippen molar-refractivity contribution in [3.63, 3.8) is 0 Å². The SMILES string of the molecule is Cc1c(CN2CCc3c(nc(N4CCC[C@@H](C)C4)[nH]c3=O)C2)cnn1C. The maximum Gasteiger partial charge on any atom is 0.255 e. The summed E-state index contributed by atoms with van der Waals surface area (Å²) < 4.78 is 1.91. The van der Waals surface area contributed by atoms with Gasteiger partial charge in [0.2, 0.25) is 5.95 Å². The zero-order valence-electron chi connectivity index (χ0n) is 16.0. The third kappa shape index (κ3) is 3.28. The van der Waals surface area contributed by atoms with Crippen LogP contribution < -0.4 is 10.5 Å². The van der Waals surface area contributed by atoms with Crippen LogP contribution in [0.5, 0.6) is 0 Å². The van der Waals surface area contributed by atoms with Gasteiger partial charge in [-0.1, -0.05) is 6.92 Å². The van der Waals surface area contributed by atoms with Gasteiger partial charge in [-0.15, -0.1) is 0 Å². The third-order valence-electron chi connectivity index (χ3n) is 5.83. The summed E-state index contributed by atoms with van der Waals surface area (Å²) in [5, 5.41) is 4.34. The largest absolute Gasteiger partial charge is 0.342 e. The Balaban J connectivity index is 1.55. The molecule has 7 heteroatoms. The number of aromatic nitrogens is 4. The first-order valence-corrected chi connectivity index (χ1v) is 9.58. The molecule has 2 aliphatic rings. The van der Waals surface area contributed by atoms with E-state index >= 15 is 0 Å². The van der Waals surface area contributed by atoms with Gasteiger partial charge in [-0.25, -0.2) is 4.98 Å². The topological polar surface area (TPSA) is 70.1 Å². The Morgan fingerprint density at radius 1 is 1.35 bits per heavy atom. The summed E-state index contributed by atoms with van der Waals surface area (Å²) in [7, 11) is 1.97. The van der Waals surface area contributed by atoms with E-state index in [0.29, 0.717) is 5.92 Å². The summed E-state index contributed by atoms with van der Waals surface area (Å²) in [6, 6.07) is 0. The Hall–Kier alpha value is -2.15. The van der Waals surface area contributed by atoms with Crippen molar-refractivity contribution in [1.82, 2.24) is 24.6 Å². The van der Waals surface area contributed by atoms with Crippen molar-refractivity contribution in [3.05, 3.63) is 39.1 Å². The third-order valence-corrected chi connectivity index (χ3v) is 5.83. The molecule has 0 spiro atoms. The Bertz CT molecular complexity index is 854. The molecule has 1 N–H and O–H groups in total. The van der Waals surface area contributed by atoms with Crippen molar-refractivity contribution < 1.29 is 0 Å². The molecule has 2 aromatic heterocycles. The molecular weight excluding hydrogens is 328 g/mol. The maximum atomic E-state index is 12.6. The number of aromatic amines is 1. The molecule has 1 fully saturated rings. The van der Waals surface area contributed by atoms with E-state index < -0.39 is 0 Å². The second-order valence-corrected chi connectivity index (χ2v) is 7.85. The number of aryl methyl sites for hydroxylation is 1. The van der Waals surface area contributed by atoms with Crippen molar-refractivity contribution in [3.8, 4) is 0 Å². The summed E-state index contributed by atoms with van der Waals surface area (Å²) in [6.07, 6.45) is 5.11. The number of anilines is 1. The first kappa shape index (κ1) is 17.3. The van der Waals surface area contributed by atoms with Gasteiger partial charge in [0.25, 0.3) is 5.56 Å². The summed E-state index contributed by atoms with van der Waals surface area (Å²) in [6.45, 7) is 8.77. The van der Waals surface area contributed by atoms with Crippen LogP contribution in [0.25, 0.3) is 0 Å². The number of piperidine rings is 1. The fraction of sp³-hybridized carbons (Fsp3) is 0.632. The molecule has 1 saturated heterocycles. The zero-order valence-corrected chi connectivity index (χ0v) is 16.0. The standard InChI is InChI=1S/C19H28N6O/c1-13-5-4-7-25(10-13)19-21-17-12-24(8-6-16(17)18(26)22-19)11-15-9-20-23(3)14(15)2/h9,13H,4-8,10-12H2,1-3H3,(H,21,22,26)/t13-/m1/s1. The van der Waals surface area contributed by atoms with Crippen molar-refractivity contribution >= 4 is 5.95 Å². The van der Waals surface area contributed by atoms with Gasteiger partial charge in [0.1, 0.15) is 0 Å². The molecule has 4 heterocycles. The maximum absolute atomic E-state index is 12.6. The number of fused-ring (bicyclic) bond motifs is 1. The highest BCUT2D eigenvalue weighted by atomic mass is 16.1. The minimum atomic E-state index is 0.0421. The van der Waals surface area contributed by atoms with Gasteiger partial charge >= 0.3 is 0 Å². The molecule has 2 aliphatic heterocycles. The van der Waals surface area contributed by atoms with Crippen LogP contribution in [0.3, 0.4) is 0 Å². The Labute approximate surface area is 154 Å². The smallest absolute Gasteiger partial charge is 0.255 e. The van der Waals surface area contributed by atoms with Gasteiger partial charge in [0.15, 0.2) is 0 Å². The first-order valence-electron chi connectivity index (χ1n) is 9.58. The van der Waals surface area contributed by atoms with E-state index in [1.54, 1.807) is 0 Å². The second-order valence-electron chi connectivity index (χ2n) is 7.85. The molecule has 4 rings (SSSR count). The number of H-pyrrole nitrogens is 1. The molecule has 0 bridgehead atoms. The van der Waals surface area contributed by atoms with Crippen LogP contribution in [0.4, 0.5) is 5.95 Å². The van der Waals surface area contributed by atoms with E-state index in [9.17, 15) is 4.79 Å². The molecule has 7 nitrogen and oxygen atoms in total. The predicted octanol–water partition coefficient (Wildman–Crippen LogP) is 1.61. The van der Waals surface area contributed by atoms with Crippen LogP contribution in [0, 0.1) is 12.8 Å². The normalized spacial score (nSPS) is 21.0. The quantitative estimate of drug-likeness (QED) is 0.905. The van der Waals surface area contributed by atoms with Crippen LogP contribution >= 0.6 is 0 Å². The van der Waals surface area contributed by atoms with E-state index in [2.05, 4.69) is 33.7 Å². The molecule has 1 atom stereocenters. The molecule has 0 amide bonds. The van der Waals surface area contributed by atoms with Crippen LogP contribution in [0.2, 0.25) is 0 Å². The molecule has 26 heavy (non-hydrogen) atoms. The van der Waals surface area contributed by atoms with Gasteiger partial charge in [-0.2, -0.15) is 5.10 Å². The van der Waals surface area contributed by atoms with Gasteiger partial charge in [-0.05, 0) is 32.1 Å². The summed E-state index contributed by atoms with van der Waals surface area (Å²) >= 11 is 0.